The number of amides is 1. The topological polar surface area (TPSA) is 77.8 Å². The third-order valence-electron chi connectivity index (χ3n) is 2.97. The van der Waals surface area contributed by atoms with E-state index in [1.165, 1.54) is 31.3 Å². The molecule has 17 heavy (non-hydrogen) atoms. The van der Waals surface area contributed by atoms with Gasteiger partial charge in [-0.15, -0.1) is 0 Å². The van der Waals surface area contributed by atoms with Gasteiger partial charge in [0.2, 0.25) is 6.41 Å². The first kappa shape index (κ1) is 13.0. The van der Waals surface area contributed by atoms with Crippen LogP contribution in [0.15, 0.2) is 24.3 Å². The molecule has 92 valence electrons. The molecule has 1 atom stereocenters. The van der Waals surface area contributed by atoms with Crippen LogP contribution in [0.25, 0.3) is 0 Å². The standard InChI is InChI=1S/C12H15NO4/c1-3-12(11(16)17,13(2)8-14)9-4-6-10(15)7-5-9/h4-8,15H,3H2,1-2H3,(H,16,17). The molecule has 0 heterocycles. The van der Waals surface area contributed by atoms with Gasteiger partial charge in [-0.2, -0.15) is 0 Å². The second-order valence-corrected chi connectivity index (χ2v) is 3.78. The lowest BCUT2D eigenvalue weighted by Crippen LogP contribution is -2.49. The summed E-state index contributed by atoms with van der Waals surface area (Å²) in [5.41, 5.74) is -0.935. The van der Waals surface area contributed by atoms with E-state index < -0.39 is 11.5 Å². The van der Waals surface area contributed by atoms with E-state index in [0.717, 1.165) is 4.90 Å². The van der Waals surface area contributed by atoms with Crippen LogP contribution in [-0.4, -0.2) is 34.5 Å². The van der Waals surface area contributed by atoms with Gasteiger partial charge < -0.3 is 15.1 Å². The average molecular weight is 237 g/mol. The minimum absolute atomic E-state index is 0.0536. The molecule has 0 aliphatic carbocycles. The summed E-state index contributed by atoms with van der Waals surface area (Å²) in [4.78, 5) is 23.5. The van der Waals surface area contributed by atoms with E-state index in [1.807, 2.05) is 0 Å². The molecule has 0 aliphatic heterocycles. The summed E-state index contributed by atoms with van der Waals surface area (Å²) in [6.07, 6.45) is 0.729. The van der Waals surface area contributed by atoms with E-state index in [1.54, 1.807) is 6.92 Å². The van der Waals surface area contributed by atoms with E-state index in [2.05, 4.69) is 0 Å². The van der Waals surface area contributed by atoms with Crippen LogP contribution in [0.3, 0.4) is 0 Å². The molecule has 5 heteroatoms. The Kier molecular flexibility index (Phi) is 3.73. The van der Waals surface area contributed by atoms with Crippen molar-refractivity contribution in [1.29, 1.82) is 0 Å². The Morgan fingerprint density at radius 3 is 2.29 bits per heavy atom. The molecule has 2 N–H and O–H groups in total. The summed E-state index contributed by atoms with van der Waals surface area (Å²) < 4.78 is 0. The van der Waals surface area contributed by atoms with Crippen LogP contribution >= 0.6 is 0 Å². The zero-order valence-corrected chi connectivity index (χ0v) is 9.75. The Bertz CT molecular complexity index is 415. The molecular formula is C12H15NO4. The van der Waals surface area contributed by atoms with Gasteiger partial charge in [-0.05, 0) is 24.1 Å². The van der Waals surface area contributed by atoms with E-state index in [-0.39, 0.29) is 12.2 Å². The quantitative estimate of drug-likeness (QED) is 0.753. The summed E-state index contributed by atoms with van der Waals surface area (Å²) in [5.74, 6) is -1.04. The van der Waals surface area contributed by atoms with Crippen molar-refractivity contribution in [2.45, 2.75) is 18.9 Å². The van der Waals surface area contributed by atoms with Gasteiger partial charge in [0.05, 0.1) is 0 Å². The van der Waals surface area contributed by atoms with Crippen molar-refractivity contribution in [1.82, 2.24) is 4.90 Å². The van der Waals surface area contributed by atoms with Crippen LogP contribution in [0.5, 0.6) is 5.75 Å². The van der Waals surface area contributed by atoms with Crippen LogP contribution < -0.4 is 0 Å². The van der Waals surface area contributed by atoms with E-state index in [4.69, 9.17) is 0 Å². The Balaban J connectivity index is 3.36. The smallest absolute Gasteiger partial charge is 0.334 e. The molecular weight excluding hydrogens is 222 g/mol. The van der Waals surface area contributed by atoms with Gasteiger partial charge in [0, 0.05) is 7.05 Å². The summed E-state index contributed by atoms with van der Waals surface area (Å²) in [6, 6.07) is 5.82. The van der Waals surface area contributed by atoms with E-state index in [9.17, 15) is 19.8 Å². The number of benzene rings is 1. The fraction of sp³-hybridized carbons (Fsp3) is 0.333. The lowest BCUT2D eigenvalue weighted by Gasteiger charge is -2.35. The first-order valence-electron chi connectivity index (χ1n) is 5.20. The maximum Gasteiger partial charge on any atom is 0.334 e. The van der Waals surface area contributed by atoms with Crippen molar-refractivity contribution in [2.75, 3.05) is 7.05 Å². The molecule has 0 radical (unpaired) electrons. The number of phenolic OH excluding ortho intramolecular Hbond substituents is 1. The monoisotopic (exact) mass is 237 g/mol. The minimum Gasteiger partial charge on any atom is -0.508 e. The SMILES string of the molecule is CCC(C(=O)O)(c1ccc(O)cc1)N(C)C=O. The van der Waals surface area contributed by atoms with Gasteiger partial charge >= 0.3 is 5.97 Å². The highest BCUT2D eigenvalue weighted by molar-refractivity contribution is 5.83. The van der Waals surface area contributed by atoms with Crippen molar-refractivity contribution in [3.63, 3.8) is 0 Å². The first-order valence-corrected chi connectivity index (χ1v) is 5.20. The van der Waals surface area contributed by atoms with Gasteiger partial charge in [-0.3, -0.25) is 4.79 Å². The number of carbonyl (C=O) groups excluding carboxylic acids is 1. The zero-order chi connectivity index (χ0) is 13.1. The minimum atomic E-state index is -1.39. The second kappa shape index (κ2) is 4.86. The van der Waals surface area contributed by atoms with Crippen molar-refractivity contribution >= 4 is 12.4 Å². The van der Waals surface area contributed by atoms with Crippen LogP contribution in [-0.2, 0) is 15.1 Å². The van der Waals surface area contributed by atoms with Crippen LogP contribution in [0.2, 0.25) is 0 Å². The summed E-state index contributed by atoms with van der Waals surface area (Å²) in [5, 5.41) is 18.6. The predicted octanol–water partition coefficient (Wildman–Crippen LogP) is 1.17. The lowest BCUT2D eigenvalue weighted by atomic mass is 9.86. The number of hydrogen-bond donors (Lipinski definition) is 2. The van der Waals surface area contributed by atoms with Crippen LogP contribution in [0, 0.1) is 0 Å². The molecule has 1 rings (SSSR count). The van der Waals surface area contributed by atoms with Crippen molar-refractivity contribution in [2.24, 2.45) is 0 Å². The summed E-state index contributed by atoms with van der Waals surface area (Å²) >= 11 is 0. The van der Waals surface area contributed by atoms with Crippen molar-refractivity contribution in [3.8, 4) is 5.75 Å². The molecule has 1 aromatic rings. The number of hydrogen-bond acceptors (Lipinski definition) is 3. The number of carboxylic acids is 1. The van der Waals surface area contributed by atoms with E-state index in [0.29, 0.717) is 12.0 Å². The Labute approximate surface area is 99.3 Å². The van der Waals surface area contributed by atoms with Crippen molar-refractivity contribution in [3.05, 3.63) is 29.8 Å². The molecule has 1 unspecified atom stereocenters. The molecule has 0 aromatic heterocycles. The van der Waals surface area contributed by atoms with Gasteiger partial charge in [-0.1, -0.05) is 19.1 Å². The van der Waals surface area contributed by atoms with E-state index >= 15 is 0 Å². The Morgan fingerprint density at radius 1 is 1.41 bits per heavy atom. The number of carboxylic acid groups (broad SMARTS) is 1. The van der Waals surface area contributed by atoms with Crippen molar-refractivity contribution < 1.29 is 19.8 Å². The number of aliphatic carboxylic acids is 1. The fourth-order valence-electron chi connectivity index (χ4n) is 1.91. The highest BCUT2D eigenvalue weighted by Gasteiger charge is 2.42. The van der Waals surface area contributed by atoms with Crippen LogP contribution in [0.1, 0.15) is 18.9 Å². The summed E-state index contributed by atoms with van der Waals surface area (Å²) in [6.45, 7) is 1.70. The maximum absolute atomic E-state index is 11.5. The molecule has 1 amide bonds. The molecule has 1 aromatic carbocycles. The van der Waals surface area contributed by atoms with Crippen LogP contribution in [0.4, 0.5) is 0 Å². The number of carbonyl (C=O) groups is 2. The molecule has 5 nitrogen and oxygen atoms in total. The fourth-order valence-corrected chi connectivity index (χ4v) is 1.91. The number of likely N-dealkylation sites (N-methyl/N-ethyl adjacent to an activating group) is 1. The van der Waals surface area contributed by atoms with Gasteiger partial charge in [-0.25, -0.2) is 4.79 Å². The lowest BCUT2D eigenvalue weighted by molar-refractivity contribution is -0.155. The predicted molar refractivity (Wildman–Crippen MR) is 61.5 cm³/mol. The molecule has 0 spiro atoms. The Hall–Kier alpha value is -2.04. The number of phenols is 1. The molecule has 0 fully saturated rings. The molecule has 0 saturated heterocycles. The largest absolute Gasteiger partial charge is 0.508 e. The zero-order valence-electron chi connectivity index (χ0n) is 9.75. The van der Waals surface area contributed by atoms with Gasteiger partial charge in [0.25, 0.3) is 0 Å². The maximum atomic E-state index is 11.5. The highest BCUT2D eigenvalue weighted by atomic mass is 16.4. The third kappa shape index (κ3) is 2.08. The highest BCUT2D eigenvalue weighted by Crippen LogP contribution is 2.31. The number of rotatable bonds is 5. The average Bonchev–Trinajstić information content (AvgIpc) is 2.32. The Morgan fingerprint density at radius 2 is 1.94 bits per heavy atom. The molecule has 0 aliphatic rings. The number of aromatic hydroxyl groups is 1. The molecule has 0 saturated carbocycles. The summed E-state index contributed by atoms with van der Waals surface area (Å²) in [7, 11) is 1.43. The third-order valence-corrected chi connectivity index (χ3v) is 2.97. The second-order valence-electron chi connectivity index (χ2n) is 3.78. The van der Waals surface area contributed by atoms with Gasteiger partial charge in [0.1, 0.15) is 5.75 Å². The van der Waals surface area contributed by atoms with Gasteiger partial charge in [0.15, 0.2) is 5.54 Å². The number of nitrogens with zero attached hydrogens (tertiary/aromatic N) is 1. The first-order chi connectivity index (χ1) is 7.98. The normalized spacial score (nSPS) is 13.8. The molecule has 0 bridgehead atoms.